The number of benzene rings is 2. The van der Waals surface area contributed by atoms with Gasteiger partial charge in [-0.3, -0.25) is 5.10 Å². The summed E-state index contributed by atoms with van der Waals surface area (Å²) in [6, 6.07) is 12.7. The van der Waals surface area contributed by atoms with Gasteiger partial charge >= 0.3 is 12.1 Å². The van der Waals surface area contributed by atoms with Gasteiger partial charge in [0.15, 0.2) is 5.82 Å². The quantitative estimate of drug-likeness (QED) is 0.233. The van der Waals surface area contributed by atoms with E-state index in [1.165, 1.54) is 6.08 Å². The molecule has 1 aliphatic carbocycles. The number of fused-ring (bicyclic) bond motifs is 1. The maximum Gasteiger partial charge on any atom is 0.433 e. The fraction of sp³-hybridized carbons (Fsp3) is 0.185. The first-order valence-corrected chi connectivity index (χ1v) is 11.5. The van der Waals surface area contributed by atoms with Crippen molar-refractivity contribution in [1.82, 2.24) is 20.2 Å². The summed E-state index contributed by atoms with van der Waals surface area (Å²) in [5, 5.41) is 15.4. The molecule has 4 aromatic rings. The van der Waals surface area contributed by atoms with E-state index >= 15 is 0 Å². The van der Waals surface area contributed by atoms with E-state index in [0.717, 1.165) is 37.6 Å². The molecular formula is C27H20F4N4O2. The van der Waals surface area contributed by atoms with Gasteiger partial charge in [0.1, 0.15) is 5.69 Å². The van der Waals surface area contributed by atoms with Crippen LogP contribution >= 0.6 is 0 Å². The molecule has 0 radical (unpaired) electrons. The van der Waals surface area contributed by atoms with Crippen LogP contribution in [0.1, 0.15) is 47.5 Å². The highest BCUT2D eigenvalue weighted by Crippen LogP contribution is 2.45. The summed E-state index contributed by atoms with van der Waals surface area (Å²) in [5.41, 5.74) is 2.36. The van der Waals surface area contributed by atoms with E-state index in [2.05, 4.69) is 20.2 Å². The molecule has 5 rings (SSSR count). The third kappa shape index (κ3) is 5.00. The molecule has 2 N–H and O–H groups in total. The van der Waals surface area contributed by atoms with Gasteiger partial charge in [-0.1, -0.05) is 36.8 Å². The number of carbonyl (C=O) groups is 1. The number of aromatic nitrogens is 4. The zero-order chi connectivity index (χ0) is 26.2. The number of carboxylic acid groups (broad SMARTS) is 1. The Balaban J connectivity index is 1.76. The number of alkyl halides is 3. The molecule has 6 nitrogen and oxygen atoms in total. The van der Waals surface area contributed by atoms with Gasteiger partial charge in [0, 0.05) is 17.8 Å². The number of hydrogen-bond acceptors (Lipinski definition) is 4. The first-order chi connectivity index (χ1) is 17.7. The molecule has 2 heterocycles. The zero-order valence-electron chi connectivity index (χ0n) is 19.3. The van der Waals surface area contributed by atoms with Crippen LogP contribution in [0, 0.1) is 11.9 Å². The Hall–Kier alpha value is -4.34. The van der Waals surface area contributed by atoms with Crippen LogP contribution in [0.2, 0.25) is 0 Å². The minimum Gasteiger partial charge on any atom is -0.478 e. The molecule has 1 aliphatic rings. The topological polar surface area (TPSA) is 91.8 Å². The monoisotopic (exact) mass is 508 g/mol. The van der Waals surface area contributed by atoms with E-state index in [4.69, 9.17) is 5.11 Å². The summed E-state index contributed by atoms with van der Waals surface area (Å²) >= 11 is 0. The van der Waals surface area contributed by atoms with Crippen LogP contribution in [0.25, 0.3) is 28.1 Å². The van der Waals surface area contributed by atoms with Crippen LogP contribution in [0.5, 0.6) is 0 Å². The van der Waals surface area contributed by atoms with Crippen molar-refractivity contribution in [2.24, 2.45) is 5.92 Å². The molecule has 1 fully saturated rings. The fourth-order valence-electron chi connectivity index (χ4n) is 4.38. The van der Waals surface area contributed by atoms with Gasteiger partial charge in [-0.2, -0.15) is 22.7 Å². The molecule has 0 spiro atoms. The Morgan fingerprint density at radius 2 is 1.78 bits per heavy atom. The van der Waals surface area contributed by atoms with Gasteiger partial charge in [0.2, 0.25) is 5.95 Å². The average Bonchev–Trinajstić information content (AvgIpc) is 3.21. The Morgan fingerprint density at radius 1 is 1.05 bits per heavy atom. The zero-order valence-corrected chi connectivity index (χ0v) is 19.3. The second kappa shape index (κ2) is 9.61. The molecule has 0 unspecified atom stereocenters. The number of nitrogens with zero attached hydrogens (tertiary/aromatic N) is 3. The predicted octanol–water partition coefficient (Wildman–Crippen LogP) is 6.37. The van der Waals surface area contributed by atoms with E-state index in [0.29, 0.717) is 33.4 Å². The van der Waals surface area contributed by atoms with Gasteiger partial charge in [0.25, 0.3) is 0 Å². The van der Waals surface area contributed by atoms with Crippen LogP contribution in [-0.4, -0.2) is 31.2 Å². The first kappa shape index (κ1) is 24.4. The molecule has 0 saturated heterocycles. The number of H-pyrrole nitrogens is 1. The summed E-state index contributed by atoms with van der Waals surface area (Å²) in [5.74, 6) is -1.83. The Bertz CT molecular complexity index is 1530. The van der Waals surface area contributed by atoms with E-state index in [-0.39, 0.29) is 17.1 Å². The van der Waals surface area contributed by atoms with Crippen molar-refractivity contribution in [3.05, 3.63) is 95.0 Å². The van der Waals surface area contributed by atoms with Gasteiger partial charge in [-0.15, -0.1) is 0 Å². The molecule has 0 aliphatic heterocycles. The van der Waals surface area contributed by atoms with E-state index in [1.807, 2.05) is 0 Å². The molecule has 0 atom stereocenters. The fourth-order valence-corrected chi connectivity index (χ4v) is 4.38. The lowest BCUT2D eigenvalue weighted by molar-refractivity contribution is -0.141. The highest BCUT2D eigenvalue weighted by molar-refractivity contribution is 6.00. The maximum absolute atomic E-state index is 14.4. The van der Waals surface area contributed by atoms with Gasteiger partial charge in [0.05, 0.1) is 10.9 Å². The Labute approximate surface area is 208 Å². The molecule has 2 aromatic heterocycles. The molecule has 10 heteroatoms. The van der Waals surface area contributed by atoms with E-state index in [1.54, 1.807) is 42.5 Å². The second-order valence-corrected chi connectivity index (χ2v) is 8.74. The summed E-state index contributed by atoms with van der Waals surface area (Å²) < 4.78 is 55.0. The number of halogens is 4. The summed E-state index contributed by atoms with van der Waals surface area (Å²) in [6.45, 7) is 0. The largest absolute Gasteiger partial charge is 0.478 e. The molecule has 1 saturated carbocycles. The highest BCUT2D eigenvalue weighted by Gasteiger charge is 2.35. The lowest BCUT2D eigenvalue weighted by Crippen LogP contribution is -2.18. The molecule has 0 bridgehead atoms. The van der Waals surface area contributed by atoms with Crippen molar-refractivity contribution in [3.63, 3.8) is 0 Å². The van der Waals surface area contributed by atoms with Crippen molar-refractivity contribution >= 4 is 34.1 Å². The number of aromatic amines is 1. The minimum atomic E-state index is -4.64. The Kier molecular flexibility index (Phi) is 6.32. The number of hydrogen-bond donors (Lipinski definition) is 2. The number of nitrogens with one attached hydrogen (secondary N) is 1. The normalized spacial score (nSPS) is 15.1. The average molecular weight is 508 g/mol. The third-order valence-electron chi connectivity index (χ3n) is 6.38. The number of carboxylic acids is 1. The summed E-state index contributed by atoms with van der Waals surface area (Å²) in [4.78, 5) is 19.0. The lowest BCUT2D eigenvalue weighted by Gasteiger charge is -2.30. The van der Waals surface area contributed by atoms with Crippen LogP contribution in [0.3, 0.4) is 0 Å². The number of rotatable bonds is 6. The summed E-state index contributed by atoms with van der Waals surface area (Å²) in [7, 11) is 0. The van der Waals surface area contributed by atoms with Crippen LogP contribution in [0.4, 0.5) is 17.6 Å². The van der Waals surface area contributed by atoms with Crippen molar-refractivity contribution in [1.29, 1.82) is 0 Å². The maximum atomic E-state index is 14.4. The smallest absolute Gasteiger partial charge is 0.433 e. The van der Waals surface area contributed by atoms with Crippen LogP contribution < -0.4 is 0 Å². The standard InChI is InChI=1S/C27H20F4N4O2/c28-25-19-14-18(9-10-20(19)34-35-25)23(17-7-4-15(5-8-17)6-11-22(36)37)24(16-2-1-3-16)26-32-13-12-21(33-26)27(29,30)31/h4-14,16H,1-3H2,(H,34,35)(H,36,37). The third-order valence-corrected chi connectivity index (χ3v) is 6.38. The van der Waals surface area contributed by atoms with Crippen LogP contribution in [-0.2, 0) is 11.0 Å². The van der Waals surface area contributed by atoms with Gasteiger partial charge in [-0.25, -0.2) is 14.8 Å². The second-order valence-electron chi connectivity index (χ2n) is 8.74. The molecule has 37 heavy (non-hydrogen) atoms. The lowest BCUT2D eigenvalue weighted by atomic mass is 9.75. The van der Waals surface area contributed by atoms with Crippen molar-refractivity contribution in [2.45, 2.75) is 25.4 Å². The van der Waals surface area contributed by atoms with E-state index < -0.39 is 23.8 Å². The number of allylic oxidation sites excluding steroid dienone is 1. The molecular weight excluding hydrogens is 488 g/mol. The van der Waals surface area contributed by atoms with Crippen molar-refractivity contribution in [3.8, 4) is 0 Å². The predicted molar refractivity (Wildman–Crippen MR) is 129 cm³/mol. The van der Waals surface area contributed by atoms with Crippen molar-refractivity contribution < 1.29 is 27.5 Å². The molecule has 2 aromatic carbocycles. The Morgan fingerprint density at radius 3 is 2.43 bits per heavy atom. The molecule has 188 valence electrons. The minimum absolute atomic E-state index is 0.0304. The first-order valence-electron chi connectivity index (χ1n) is 11.5. The summed E-state index contributed by atoms with van der Waals surface area (Å²) in [6.07, 6.45) is 1.32. The van der Waals surface area contributed by atoms with Crippen LogP contribution in [0.15, 0.2) is 60.8 Å². The van der Waals surface area contributed by atoms with Crippen molar-refractivity contribution in [2.75, 3.05) is 0 Å². The molecule has 0 amide bonds. The highest BCUT2D eigenvalue weighted by atomic mass is 19.4. The number of aliphatic carboxylic acids is 1. The van der Waals surface area contributed by atoms with Gasteiger partial charge < -0.3 is 5.11 Å². The van der Waals surface area contributed by atoms with Gasteiger partial charge in [-0.05, 0) is 65.3 Å². The van der Waals surface area contributed by atoms with E-state index in [9.17, 15) is 22.4 Å². The SMILES string of the molecule is O=C(O)C=Cc1ccc(C(=C(c2nccc(C(F)(F)F)n2)C2CCC2)c2ccc3n[nH]c(F)c3c2)cc1.